The Morgan fingerprint density at radius 3 is 3.00 bits per heavy atom. The number of aryl methyl sites for hydroxylation is 1. The molecule has 0 aliphatic rings. The number of nitrogens with zero attached hydrogens (tertiary/aromatic N) is 3. The van der Waals surface area contributed by atoms with Gasteiger partial charge in [0.15, 0.2) is 5.65 Å². The van der Waals surface area contributed by atoms with Crippen molar-refractivity contribution < 1.29 is 0 Å². The Balaban J connectivity index is 2.81. The summed E-state index contributed by atoms with van der Waals surface area (Å²) in [6, 6.07) is 0. The summed E-state index contributed by atoms with van der Waals surface area (Å²) in [4.78, 5) is 19.7. The first-order valence-electron chi connectivity index (χ1n) is 5.16. The fourth-order valence-corrected chi connectivity index (χ4v) is 1.76. The van der Waals surface area contributed by atoms with Crippen molar-refractivity contribution in [1.82, 2.24) is 14.6 Å². The van der Waals surface area contributed by atoms with E-state index >= 15 is 0 Å². The number of rotatable bonds is 2. The molecular formula is C11H12N4O. The van der Waals surface area contributed by atoms with E-state index in [9.17, 15) is 4.79 Å². The van der Waals surface area contributed by atoms with Crippen LogP contribution >= 0.6 is 0 Å². The van der Waals surface area contributed by atoms with Crippen molar-refractivity contribution >= 4 is 11.3 Å². The van der Waals surface area contributed by atoms with Crippen molar-refractivity contribution in [2.24, 2.45) is 0 Å². The summed E-state index contributed by atoms with van der Waals surface area (Å²) < 4.78 is 1.34. The van der Waals surface area contributed by atoms with E-state index in [1.54, 1.807) is 0 Å². The fraction of sp³-hybridized carbons (Fsp3) is 0.364. The zero-order valence-corrected chi connectivity index (χ0v) is 9.24. The summed E-state index contributed by atoms with van der Waals surface area (Å²) in [5.41, 5.74) is 2.13. The molecule has 0 amide bonds. The Bertz CT molecular complexity index is 630. The smallest absolute Gasteiger partial charge is 0.274 e. The number of nitrogens with one attached hydrogen (secondary N) is 1. The highest BCUT2D eigenvalue weighted by Crippen LogP contribution is 2.17. The molecule has 0 atom stereocenters. The van der Waals surface area contributed by atoms with Gasteiger partial charge < -0.3 is 5.10 Å². The van der Waals surface area contributed by atoms with Crippen molar-refractivity contribution in [3.05, 3.63) is 39.2 Å². The van der Waals surface area contributed by atoms with Gasteiger partial charge in [0.25, 0.3) is 5.56 Å². The Kier molecular flexibility index (Phi) is 2.49. The lowest BCUT2D eigenvalue weighted by Gasteiger charge is -2.03. The molecule has 0 fully saturated rings. The summed E-state index contributed by atoms with van der Waals surface area (Å²) in [6.45, 7) is 10.8. The minimum absolute atomic E-state index is 0.0979. The number of aromatic nitrogens is 3. The van der Waals surface area contributed by atoms with Crippen LogP contribution in [0.3, 0.4) is 0 Å². The third-order valence-corrected chi connectivity index (χ3v) is 2.56. The van der Waals surface area contributed by atoms with Gasteiger partial charge in [-0.2, -0.15) is 0 Å². The van der Waals surface area contributed by atoms with Crippen LogP contribution < -0.4 is 5.56 Å². The molecule has 2 aromatic rings. The van der Waals surface area contributed by atoms with Crippen LogP contribution in [0.1, 0.15) is 24.6 Å². The van der Waals surface area contributed by atoms with Crippen LogP contribution in [0.15, 0.2) is 11.0 Å². The summed E-state index contributed by atoms with van der Waals surface area (Å²) in [6.07, 6.45) is 3.12. The molecule has 0 saturated carbocycles. The van der Waals surface area contributed by atoms with E-state index in [2.05, 4.69) is 14.9 Å². The van der Waals surface area contributed by atoms with Gasteiger partial charge in [-0.1, -0.05) is 13.3 Å². The van der Waals surface area contributed by atoms with E-state index in [1.165, 1.54) is 10.7 Å². The average molecular weight is 216 g/mol. The molecule has 0 unspecified atom stereocenters. The number of hydrogen-bond acceptors (Lipinski definition) is 2. The molecule has 2 rings (SSSR count). The molecule has 0 radical (unpaired) electrons. The molecule has 16 heavy (non-hydrogen) atoms. The molecule has 0 bridgehead atoms. The second-order valence-corrected chi connectivity index (χ2v) is 3.66. The third-order valence-electron chi connectivity index (χ3n) is 2.56. The summed E-state index contributed by atoms with van der Waals surface area (Å²) in [5.74, 6) is 0. The molecule has 0 aliphatic carbocycles. The van der Waals surface area contributed by atoms with Crippen molar-refractivity contribution in [1.29, 1.82) is 0 Å². The summed E-state index contributed by atoms with van der Waals surface area (Å²) in [7, 11) is 0. The van der Waals surface area contributed by atoms with Crippen LogP contribution in [-0.2, 0) is 6.42 Å². The SMILES string of the molecule is [C-]#[N+]c1c[nH]n2c(=O)c(CCC)c(C)nc12. The molecule has 5 heteroatoms. The number of H-pyrrole nitrogens is 1. The lowest BCUT2D eigenvalue weighted by molar-refractivity contribution is 0.818. The van der Waals surface area contributed by atoms with Gasteiger partial charge in [0.05, 0.1) is 6.57 Å². The Morgan fingerprint density at radius 2 is 2.38 bits per heavy atom. The van der Waals surface area contributed by atoms with Gasteiger partial charge in [-0.25, -0.2) is 14.3 Å². The van der Waals surface area contributed by atoms with Crippen molar-refractivity contribution in [3.63, 3.8) is 0 Å². The van der Waals surface area contributed by atoms with Gasteiger partial charge >= 0.3 is 0 Å². The molecule has 0 spiro atoms. The molecule has 0 aliphatic heterocycles. The summed E-state index contributed by atoms with van der Waals surface area (Å²) >= 11 is 0. The van der Waals surface area contributed by atoms with Crippen LogP contribution in [-0.4, -0.2) is 14.6 Å². The standard InChI is InChI=1S/C11H12N4O/c1-4-5-8-7(2)14-10-9(12-3)6-13-15(10)11(8)16/h6,13H,4-5H2,1-2H3. The maximum absolute atomic E-state index is 12.1. The molecular weight excluding hydrogens is 204 g/mol. The van der Waals surface area contributed by atoms with Crippen molar-refractivity contribution in [3.8, 4) is 0 Å². The van der Waals surface area contributed by atoms with Crippen molar-refractivity contribution in [2.75, 3.05) is 0 Å². The Morgan fingerprint density at radius 1 is 1.62 bits per heavy atom. The predicted molar refractivity (Wildman–Crippen MR) is 60.8 cm³/mol. The first-order valence-corrected chi connectivity index (χ1v) is 5.16. The molecule has 0 aromatic carbocycles. The molecule has 5 nitrogen and oxygen atoms in total. The van der Waals surface area contributed by atoms with E-state index in [0.29, 0.717) is 17.8 Å². The monoisotopic (exact) mass is 216 g/mol. The molecule has 2 heterocycles. The lowest BCUT2D eigenvalue weighted by Crippen LogP contribution is -2.21. The highest BCUT2D eigenvalue weighted by Gasteiger charge is 2.12. The number of fused-ring (bicyclic) bond motifs is 1. The van der Waals surface area contributed by atoms with E-state index in [1.807, 2.05) is 13.8 Å². The maximum Gasteiger partial charge on any atom is 0.274 e. The first-order chi connectivity index (χ1) is 7.69. The second kappa shape index (κ2) is 3.81. The fourth-order valence-electron chi connectivity index (χ4n) is 1.76. The first kappa shape index (κ1) is 10.4. The topological polar surface area (TPSA) is 54.5 Å². The highest BCUT2D eigenvalue weighted by atomic mass is 16.1. The zero-order chi connectivity index (χ0) is 11.7. The summed E-state index contributed by atoms with van der Waals surface area (Å²) in [5, 5.41) is 2.76. The largest absolute Gasteiger partial charge is 0.308 e. The van der Waals surface area contributed by atoms with E-state index in [4.69, 9.17) is 6.57 Å². The van der Waals surface area contributed by atoms with Gasteiger partial charge in [0.1, 0.15) is 0 Å². The minimum atomic E-state index is -0.0979. The Labute approximate surface area is 92.5 Å². The Hall–Kier alpha value is -2.09. The molecule has 1 N–H and O–H groups in total. The molecule has 2 aromatic heterocycles. The number of aromatic amines is 1. The van der Waals surface area contributed by atoms with E-state index < -0.39 is 0 Å². The van der Waals surface area contributed by atoms with E-state index in [0.717, 1.165) is 17.7 Å². The average Bonchev–Trinajstić information content (AvgIpc) is 2.67. The van der Waals surface area contributed by atoms with Gasteiger partial charge in [0.2, 0.25) is 5.69 Å². The van der Waals surface area contributed by atoms with Crippen LogP contribution in [0, 0.1) is 13.5 Å². The maximum atomic E-state index is 12.1. The van der Waals surface area contributed by atoms with Crippen LogP contribution in [0.2, 0.25) is 0 Å². The predicted octanol–water partition coefficient (Wildman–Crippen LogP) is 1.83. The third kappa shape index (κ3) is 1.39. The van der Waals surface area contributed by atoms with Gasteiger partial charge in [-0.05, 0) is 13.3 Å². The quantitative estimate of drug-likeness (QED) is 0.779. The highest BCUT2D eigenvalue weighted by molar-refractivity contribution is 5.67. The molecule has 82 valence electrons. The van der Waals surface area contributed by atoms with Gasteiger partial charge in [0, 0.05) is 17.5 Å². The van der Waals surface area contributed by atoms with Gasteiger partial charge in [-0.3, -0.25) is 4.79 Å². The van der Waals surface area contributed by atoms with Gasteiger partial charge in [-0.15, -0.1) is 0 Å². The molecule has 0 saturated heterocycles. The van der Waals surface area contributed by atoms with E-state index in [-0.39, 0.29) is 5.56 Å². The minimum Gasteiger partial charge on any atom is -0.308 e. The zero-order valence-electron chi connectivity index (χ0n) is 9.24. The lowest BCUT2D eigenvalue weighted by atomic mass is 10.1. The normalized spacial score (nSPS) is 10.6. The van der Waals surface area contributed by atoms with Crippen LogP contribution in [0.25, 0.3) is 10.5 Å². The van der Waals surface area contributed by atoms with Crippen molar-refractivity contribution in [2.45, 2.75) is 26.7 Å². The number of hydrogen-bond donors (Lipinski definition) is 1. The van der Waals surface area contributed by atoms with Crippen LogP contribution in [0.4, 0.5) is 5.69 Å². The second-order valence-electron chi connectivity index (χ2n) is 3.66. The van der Waals surface area contributed by atoms with Crippen LogP contribution in [0.5, 0.6) is 0 Å².